The molecule has 0 fully saturated rings. The quantitative estimate of drug-likeness (QED) is 0.0570. The zero-order chi connectivity index (χ0) is 41.4. The van der Waals surface area contributed by atoms with Crippen LogP contribution in [0.2, 0.25) is 18.1 Å². The molecule has 3 amide bonds. The van der Waals surface area contributed by atoms with Crippen LogP contribution in [-0.2, 0) is 63.9 Å². The van der Waals surface area contributed by atoms with Gasteiger partial charge in [-0.3, -0.25) is 9.59 Å². The summed E-state index contributed by atoms with van der Waals surface area (Å²) in [6.45, 7) is 14.5. The molecule has 0 spiro atoms. The number of ether oxygens (including phenoxy) is 5. The molecule has 0 saturated heterocycles. The summed E-state index contributed by atoms with van der Waals surface area (Å²) in [5.74, 6) is -0.479. The zero-order valence-electron chi connectivity index (χ0n) is 34.4. The van der Waals surface area contributed by atoms with Gasteiger partial charge in [-0.15, -0.1) is 0 Å². The van der Waals surface area contributed by atoms with E-state index in [1.54, 1.807) is 0 Å². The largest absolute Gasteiger partial charge is 0.445 e. The lowest BCUT2D eigenvalue weighted by molar-refractivity contribution is -0.127. The molecular formula is C43H63N3O10Si. The Balaban J connectivity index is 1.17. The van der Waals surface area contributed by atoms with Gasteiger partial charge in [0, 0.05) is 19.6 Å². The second-order valence-corrected chi connectivity index (χ2v) is 19.8. The van der Waals surface area contributed by atoms with Gasteiger partial charge in [-0.2, -0.15) is 0 Å². The van der Waals surface area contributed by atoms with E-state index in [9.17, 15) is 19.5 Å². The molecule has 13 nitrogen and oxygen atoms in total. The molecule has 3 aromatic rings. The number of carbonyl (C=O) groups is 3. The average Bonchev–Trinajstić information content (AvgIpc) is 3.20. The SMILES string of the molecule is CC(C)(C)[Si](C)(C)OCc1ccc(-c2ccc(CO)cc2CCCNC(=O)COCCOCCNC(=O)COCCOCCNC(=O)OCc2ccccc2)cc1. The minimum atomic E-state index is -1.84. The van der Waals surface area contributed by atoms with Gasteiger partial charge in [-0.05, 0) is 64.4 Å². The molecule has 3 rings (SSSR count). The van der Waals surface area contributed by atoms with Crippen LogP contribution in [0, 0.1) is 0 Å². The molecule has 57 heavy (non-hydrogen) atoms. The lowest BCUT2D eigenvalue weighted by Gasteiger charge is -2.36. The number of carbonyl (C=O) groups excluding carboxylic acids is 3. The van der Waals surface area contributed by atoms with Crippen molar-refractivity contribution in [3.63, 3.8) is 0 Å². The summed E-state index contributed by atoms with van der Waals surface area (Å²) in [4.78, 5) is 35.9. The van der Waals surface area contributed by atoms with Gasteiger partial charge in [0.1, 0.15) is 19.8 Å². The highest BCUT2D eigenvalue weighted by atomic mass is 28.4. The number of alkyl carbamates (subject to hydrolysis) is 1. The molecule has 0 saturated carbocycles. The molecule has 0 aliphatic carbocycles. The summed E-state index contributed by atoms with van der Waals surface area (Å²) in [5.41, 5.74) is 6.22. The maximum Gasteiger partial charge on any atom is 0.407 e. The monoisotopic (exact) mass is 809 g/mol. The van der Waals surface area contributed by atoms with Crippen LogP contribution in [0.5, 0.6) is 0 Å². The number of hydrogen-bond acceptors (Lipinski definition) is 10. The van der Waals surface area contributed by atoms with Crippen molar-refractivity contribution in [1.82, 2.24) is 16.0 Å². The van der Waals surface area contributed by atoms with Crippen LogP contribution in [0.25, 0.3) is 11.1 Å². The van der Waals surface area contributed by atoms with Crippen molar-refractivity contribution in [2.24, 2.45) is 0 Å². The summed E-state index contributed by atoms with van der Waals surface area (Å²) < 4.78 is 33.1. The molecule has 0 aromatic heterocycles. The first-order valence-corrected chi connectivity index (χ1v) is 22.5. The van der Waals surface area contributed by atoms with E-state index in [2.05, 4.69) is 80.1 Å². The van der Waals surface area contributed by atoms with Crippen molar-refractivity contribution >= 4 is 26.2 Å². The standard InChI is InChI=1S/C43H63N3O10Si/c1-43(2,3)57(4,5)56-31-35-13-16-37(17-14-35)39-18-15-36(29-47)28-38(39)12-9-19-44-40(48)32-53-26-24-51-22-20-45-41(49)33-54-27-25-52-23-21-46-42(50)55-30-34-10-7-6-8-11-34/h6-8,10-11,13-18,28,47H,9,12,19-27,29-33H2,1-5H3,(H,44,48)(H,45,49)(H,46,50). The molecular weight excluding hydrogens is 747 g/mol. The number of aliphatic hydroxyl groups is 1. The Morgan fingerprint density at radius 2 is 1.21 bits per heavy atom. The number of aryl methyl sites for hydroxylation is 1. The van der Waals surface area contributed by atoms with Crippen LogP contribution in [0.4, 0.5) is 4.79 Å². The number of aliphatic hydroxyl groups excluding tert-OH is 1. The second-order valence-electron chi connectivity index (χ2n) is 15.0. The Bertz CT molecular complexity index is 1620. The highest BCUT2D eigenvalue weighted by Gasteiger charge is 2.37. The third kappa shape index (κ3) is 19.2. The molecule has 4 N–H and O–H groups in total. The maximum atomic E-state index is 12.3. The van der Waals surface area contributed by atoms with E-state index in [4.69, 9.17) is 28.1 Å². The van der Waals surface area contributed by atoms with Crippen molar-refractivity contribution < 1.29 is 47.6 Å². The highest BCUT2D eigenvalue weighted by Crippen LogP contribution is 2.37. The van der Waals surface area contributed by atoms with E-state index in [-0.39, 0.29) is 76.3 Å². The first kappa shape index (κ1) is 47.2. The van der Waals surface area contributed by atoms with Gasteiger partial charge >= 0.3 is 6.09 Å². The van der Waals surface area contributed by atoms with Crippen molar-refractivity contribution in [1.29, 1.82) is 0 Å². The Labute approximate surface area is 339 Å². The Morgan fingerprint density at radius 3 is 1.82 bits per heavy atom. The number of rotatable bonds is 27. The molecule has 0 bridgehead atoms. The molecule has 0 unspecified atom stereocenters. The van der Waals surface area contributed by atoms with Crippen molar-refractivity contribution in [2.75, 3.05) is 72.5 Å². The van der Waals surface area contributed by atoms with Crippen molar-refractivity contribution in [3.8, 4) is 11.1 Å². The summed E-state index contributed by atoms with van der Waals surface area (Å²) in [6, 6.07) is 23.9. The first-order valence-electron chi connectivity index (χ1n) is 19.6. The lowest BCUT2D eigenvalue weighted by Crippen LogP contribution is -2.40. The summed E-state index contributed by atoms with van der Waals surface area (Å²) in [5, 5.41) is 18.1. The van der Waals surface area contributed by atoms with Gasteiger partial charge in [-0.25, -0.2) is 4.79 Å². The fourth-order valence-electron chi connectivity index (χ4n) is 5.13. The summed E-state index contributed by atoms with van der Waals surface area (Å²) in [7, 11) is -1.84. The van der Waals surface area contributed by atoms with Gasteiger partial charge < -0.3 is 49.2 Å². The van der Waals surface area contributed by atoms with Crippen LogP contribution >= 0.6 is 0 Å². The minimum Gasteiger partial charge on any atom is -0.445 e. The van der Waals surface area contributed by atoms with Crippen LogP contribution in [0.15, 0.2) is 72.8 Å². The van der Waals surface area contributed by atoms with E-state index < -0.39 is 14.4 Å². The van der Waals surface area contributed by atoms with E-state index >= 15 is 0 Å². The molecule has 314 valence electrons. The summed E-state index contributed by atoms with van der Waals surface area (Å²) >= 11 is 0. The topological polar surface area (TPSA) is 163 Å². The predicted octanol–water partition coefficient (Wildman–Crippen LogP) is 5.53. The fraction of sp³-hybridized carbons (Fsp3) is 0.512. The molecule has 3 aromatic carbocycles. The van der Waals surface area contributed by atoms with Crippen molar-refractivity contribution in [2.45, 2.75) is 71.6 Å². The number of nitrogens with one attached hydrogen (secondary N) is 3. The maximum absolute atomic E-state index is 12.3. The van der Waals surface area contributed by atoms with Crippen LogP contribution in [0.3, 0.4) is 0 Å². The predicted molar refractivity (Wildman–Crippen MR) is 222 cm³/mol. The fourth-order valence-corrected chi connectivity index (χ4v) is 6.10. The lowest BCUT2D eigenvalue weighted by atomic mass is 9.94. The van der Waals surface area contributed by atoms with E-state index in [0.29, 0.717) is 32.8 Å². The molecule has 0 heterocycles. The molecule has 0 aliphatic rings. The van der Waals surface area contributed by atoms with E-state index in [1.165, 1.54) is 0 Å². The normalized spacial score (nSPS) is 11.6. The Morgan fingerprint density at radius 1 is 0.649 bits per heavy atom. The minimum absolute atomic E-state index is 0.0332. The van der Waals surface area contributed by atoms with Gasteiger partial charge in [0.25, 0.3) is 0 Å². The summed E-state index contributed by atoms with van der Waals surface area (Å²) in [6.07, 6.45) is 0.949. The number of hydrogen-bond donors (Lipinski definition) is 4. The second kappa shape index (κ2) is 26.0. The van der Waals surface area contributed by atoms with Gasteiger partial charge in [-0.1, -0.05) is 93.6 Å². The van der Waals surface area contributed by atoms with Crippen LogP contribution in [-0.4, -0.2) is 104 Å². The third-order valence-electron chi connectivity index (χ3n) is 9.48. The van der Waals surface area contributed by atoms with Crippen molar-refractivity contribution in [3.05, 3.63) is 95.1 Å². The van der Waals surface area contributed by atoms with Gasteiger partial charge in [0.2, 0.25) is 11.8 Å². The van der Waals surface area contributed by atoms with E-state index in [1.807, 2.05) is 42.5 Å². The number of benzene rings is 3. The molecule has 0 radical (unpaired) electrons. The highest BCUT2D eigenvalue weighted by molar-refractivity contribution is 6.74. The van der Waals surface area contributed by atoms with Gasteiger partial charge in [0.15, 0.2) is 8.32 Å². The Kier molecular flexibility index (Phi) is 21.5. The molecule has 0 atom stereocenters. The van der Waals surface area contributed by atoms with Crippen LogP contribution in [0.1, 0.15) is 49.4 Å². The smallest absolute Gasteiger partial charge is 0.407 e. The molecule has 0 aliphatic heterocycles. The average molecular weight is 810 g/mol. The first-order chi connectivity index (χ1) is 27.4. The van der Waals surface area contributed by atoms with Crippen LogP contribution < -0.4 is 16.0 Å². The Hall–Kier alpha value is -4.15. The number of amides is 3. The zero-order valence-corrected chi connectivity index (χ0v) is 35.4. The molecule has 14 heteroatoms. The van der Waals surface area contributed by atoms with Gasteiger partial charge in [0.05, 0.1) is 52.9 Å². The van der Waals surface area contributed by atoms with E-state index in [0.717, 1.165) is 46.2 Å². The third-order valence-corrected chi connectivity index (χ3v) is 14.0.